The minimum absolute atomic E-state index is 0.128. The van der Waals surface area contributed by atoms with Crippen molar-refractivity contribution in [2.45, 2.75) is 123 Å². The predicted molar refractivity (Wildman–Crippen MR) is 196 cm³/mol. The molecule has 0 spiro atoms. The number of carbonyl (C=O) groups is 2. The van der Waals surface area contributed by atoms with Crippen LogP contribution in [0.2, 0.25) is 0 Å². The van der Waals surface area contributed by atoms with Crippen LogP contribution in [0.5, 0.6) is 0 Å². The third-order valence-electron chi connectivity index (χ3n) is 11.5. The summed E-state index contributed by atoms with van der Waals surface area (Å²) in [4.78, 5) is 27.7. The minimum atomic E-state index is -0.128. The first-order valence-electron chi connectivity index (χ1n) is 18.6. The van der Waals surface area contributed by atoms with Gasteiger partial charge in [0.1, 0.15) is 0 Å². The van der Waals surface area contributed by atoms with Gasteiger partial charge < -0.3 is 0 Å². The summed E-state index contributed by atoms with van der Waals surface area (Å²) in [6.07, 6.45) is 17.4. The summed E-state index contributed by atoms with van der Waals surface area (Å²) in [5.41, 5.74) is 14.9. The number of unbranched alkanes of at least 4 members (excludes halogenated alkanes) is 10. The normalized spacial score (nSPS) is 14.6. The fourth-order valence-electron chi connectivity index (χ4n) is 8.93. The lowest BCUT2D eigenvalue weighted by Crippen LogP contribution is -2.26. The van der Waals surface area contributed by atoms with Gasteiger partial charge in [-0.25, -0.2) is 0 Å². The molecular weight excluding hydrogens is 572 g/mol. The summed E-state index contributed by atoms with van der Waals surface area (Å²) in [5.74, 6) is 0.264. The van der Waals surface area contributed by atoms with Crippen LogP contribution >= 0.6 is 0 Å². The Labute approximate surface area is 282 Å². The average molecular weight is 623 g/mol. The number of ketones is 2. The molecule has 3 aliphatic rings. The Morgan fingerprint density at radius 1 is 0.404 bits per heavy atom. The molecule has 0 amide bonds. The van der Waals surface area contributed by atoms with Crippen LogP contribution in [0.15, 0.2) is 60.7 Å². The standard InChI is InChI=1S/C45H50O2/c1-5-7-9-11-13-15-21-45(22-16-14-12-10-8-6-2)41-27-33-31-19-17-29(3)23-37(31)43(46)39(33)25-35(41)36-26-40-34(28-42(36)45)32-20-18-30(4)24-38(32)44(40)47/h17-20,23-28H,5-16,21-22H2,1-4H3. The van der Waals surface area contributed by atoms with Crippen LogP contribution in [-0.2, 0) is 5.41 Å². The SMILES string of the molecule is CCCCCCCCC1(CCCCCCCC)c2cc3c(cc2-c2cc4c(cc21)-c1ccc(C)cc1C4=O)C(=O)c1cc(C)ccc1-3. The summed E-state index contributed by atoms with van der Waals surface area (Å²) >= 11 is 0. The molecule has 7 rings (SSSR count). The van der Waals surface area contributed by atoms with E-state index < -0.39 is 0 Å². The molecule has 2 nitrogen and oxygen atoms in total. The molecule has 0 N–H and O–H groups in total. The van der Waals surface area contributed by atoms with Crippen LogP contribution in [0.3, 0.4) is 0 Å². The van der Waals surface area contributed by atoms with Gasteiger partial charge in [0.2, 0.25) is 0 Å². The van der Waals surface area contributed by atoms with E-state index in [1.54, 1.807) is 0 Å². The third kappa shape index (κ3) is 5.42. The van der Waals surface area contributed by atoms with Gasteiger partial charge in [0, 0.05) is 27.7 Å². The Hall–Kier alpha value is -3.78. The van der Waals surface area contributed by atoms with E-state index in [0.717, 1.165) is 68.5 Å². The van der Waals surface area contributed by atoms with E-state index in [4.69, 9.17) is 0 Å². The van der Waals surface area contributed by atoms with E-state index >= 15 is 0 Å². The first-order valence-corrected chi connectivity index (χ1v) is 18.6. The van der Waals surface area contributed by atoms with Crippen molar-refractivity contribution >= 4 is 11.6 Å². The van der Waals surface area contributed by atoms with Crippen LogP contribution in [0.4, 0.5) is 0 Å². The molecule has 3 aliphatic carbocycles. The van der Waals surface area contributed by atoms with Crippen molar-refractivity contribution in [2.75, 3.05) is 0 Å². The molecule has 0 radical (unpaired) electrons. The van der Waals surface area contributed by atoms with Gasteiger partial charge in [0.15, 0.2) is 11.6 Å². The zero-order valence-electron chi connectivity index (χ0n) is 29.0. The molecule has 0 bridgehead atoms. The number of hydrogen-bond donors (Lipinski definition) is 0. The highest BCUT2D eigenvalue weighted by molar-refractivity contribution is 6.24. The first kappa shape index (κ1) is 31.8. The predicted octanol–water partition coefficient (Wildman–Crippen LogP) is 12.5. The Balaban J connectivity index is 1.38. The molecular formula is C45H50O2. The molecule has 4 aromatic rings. The topological polar surface area (TPSA) is 34.1 Å². The lowest BCUT2D eigenvalue weighted by Gasteiger charge is -2.33. The second-order valence-electron chi connectivity index (χ2n) is 14.8. The molecule has 0 aliphatic heterocycles. The maximum absolute atomic E-state index is 13.9. The van der Waals surface area contributed by atoms with Crippen molar-refractivity contribution in [3.05, 3.63) is 105 Å². The van der Waals surface area contributed by atoms with Gasteiger partial charge in [0.25, 0.3) is 0 Å². The highest BCUT2D eigenvalue weighted by Gasteiger charge is 2.45. The molecule has 0 aromatic heterocycles. The van der Waals surface area contributed by atoms with Gasteiger partial charge in [-0.3, -0.25) is 9.59 Å². The fraction of sp³-hybridized carbons (Fsp3) is 0.422. The first-order chi connectivity index (χ1) is 22.9. The van der Waals surface area contributed by atoms with E-state index in [2.05, 4.69) is 88.4 Å². The molecule has 2 heteroatoms. The molecule has 0 saturated carbocycles. The van der Waals surface area contributed by atoms with Crippen LogP contribution in [-0.4, -0.2) is 11.6 Å². The molecule has 47 heavy (non-hydrogen) atoms. The number of fused-ring (bicyclic) bond motifs is 9. The molecule has 0 fully saturated rings. The Morgan fingerprint density at radius 3 is 1.21 bits per heavy atom. The van der Waals surface area contributed by atoms with Gasteiger partial charge in [0.05, 0.1) is 0 Å². The maximum Gasteiger partial charge on any atom is 0.194 e. The van der Waals surface area contributed by atoms with Gasteiger partial charge in [-0.1, -0.05) is 126 Å². The zero-order valence-corrected chi connectivity index (χ0v) is 29.0. The highest BCUT2D eigenvalue weighted by atomic mass is 16.1. The molecule has 242 valence electrons. The number of rotatable bonds is 14. The minimum Gasteiger partial charge on any atom is -0.289 e. The summed E-state index contributed by atoms with van der Waals surface area (Å²) in [5, 5.41) is 0. The van der Waals surface area contributed by atoms with E-state index in [1.807, 2.05) is 0 Å². The summed E-state index contributed by atoms with van der Waals surface area (Å²) in [6, 6.07) is 21.9. The molecule has 0 heterocycles. The Kier molecular flexibility index (Phi) is 8.81. The van der Waals surface area contributed by atoms with Crippen molar-refractivity contribution in [1.29, 1.82) is 0 Å². The second kappa shape index (κ2) is 13.0. The van der Waals surface area contributed by atoms with Gasteiger partial charge in [-0.2, -0.15) is 0 Å². The second-order valence-corrected chi connectivity index (χ2v) is 14.8. The van der Waals surface area contributed by atoms with E-state index in [9.17, 15) is 9.59 Å². The lowest BCUT2D eigenvalue weighted by molar-refractivity contribution is 0.103. The lowest BCUT2D eigenvalue weighted by atomic mass is 9.69. The van der Waals surface area contributed by atoms with Crippen molar-refractivity contribution in [3.63, 3.8) is 0 Å². The van der Waals surface area contributed by atoms with Crippen LogP contribution in [0, 0.1) is 13.8 Å². The number of aryl methyl sites for hydroxylation is 2. The van der Waals surface area contributed by atoms with E-state index in [1.165, 1.54) is 99.3 Å². The molecule has 0 saturated heterocycles. The Morgan fingerprint density at radius 2 is 0.787 bits per heavy atom. The molecule has 0 atom stereocenters. The smallest absolute Gasteiger partial charge is 0.194 e. The van der Waals surface area contributed by atoms with Crippen molar-refractivity contribution in [3.8, 4) is 33.4 Å². The quantitative estimate of drug-likeness (QED) is 0.113. The van der Waals surface area contributed by atoms with Crippen LogP contribution in [0.1, 0.15) is 158 Å². The maximum atomic E-state index is 13.9. The molecule has 0 unspecified atom stereocenters. The van der Waals surface area contributed by atoms with Crippen LogP contribution < -0.4 is 0 Å². The summed E-state index contributed by atoms with van der Waals surface area (Å²) in [6.45, 7) is 8.70. The highest BCUT2D eigenvalue weighted by Crippen LogP contribution is 2.58. The fourth-order valence-corrected chi connectivity index (χ4v) is 8.93. The van der Waals surface area contributed by atoms with Crippen molar-refractivity contribution < 1.29 is 9.59 Å². The van der Waals surface area contributed by atoms with E-state index in [0.29, 0.717) is 0 Å². The average Bonchev–Trinajstić information content (AvgIpc) is 3.61. The largest absolute Gasteiger partial charge is 0.289 e. The Bertz CT molecular complexity index is 1730. The van der Waals surface area contributed by atoms with E-state index in [-0.39, 0.29) is 17.0 Å². The van der Waals surface area contributed by atoms with Gasteiger partial charge in [-0.05, 0) is 108 Å². The van der Waals surface area contributed by atoms with Gasteiger partial charge >= 0.3 is 0 Å². The number of hydrogen-bond acceptors (Lipinski definition) is 2. The van der Waals surface area contributed by atoms with Gasteiger partial charge in [-0.15, -0.1) is 0 Å². The van der Waals surface area contributed by atoms with Crippen molar-refractivity contribution in [2.24, 2.45) is 0 Å². The molecule has 4 aromatic carbocycles. The summed E-state index contributed by atoms with van der Waals surface area (Å²) < 4.78 is 0. The summed E-state index contributed by atoms with van der Waals surface area (Å²) in [7, 11) is 0. The van der Waals surface area contributed by atoms with Crippen LogP contribution in [0.25, 0.3) is 33.4 Å². The third-order valence-corrected chi connectivity index (χ3v) is 11.5. The monoisotopic (exact) mass is 622 g/mol. The van der Waals surface area contributed by atoms with Crippen molar-refractivity contribution in [1.82, 2.24) is 0 Å². The zero-order chi connectivity index (χ0) is 32.7. The number of benzene rings is 4. The number of carbonyl (C=O) groups excluding carboxylic acids is 2.